The summed E-state index contributed by atoms with van der Waals surface area (Å²) in [5, 5.41) is 9.90. The number of thiazole rings is 1. The minimum absolute atomic E-state index is 0.631. The van der Waals surface area contributed by atoms with Crippen LogP contribution in [0.25, 0.3) is 11.3 Å². The van der Waals surface area contributed by atoms with Crippen molar-refractivity contribution in [1.29, 1.82) is 0 Å². The second-order valence-electron chi connectivity index (χ2n) is 4.78. The Balaban J connectivity index is 2.13. The molecule has 0 fully saturated rings. The molecular weight excluding hydrogens is 369 g/mol. The van der Waals surface area contributed by atoms with E-state index in [4.69, 9.17) is 23.2 Å². The van der Waals surface area contributed by atoms with Crippen molar-refractivity contribution >= 4 is 52.1 Å². The molecule has 23 heavy (non-hydrogen) atoms. The Kier molecular flexibility index (Phi) is 5.02. The number of nitrogens with zero attached hydrogens (tertiary/aromatic N) is 3. The fourth-order valence-corrected chi connectivity index (χ4v) is 4.03. The molecule has 0 saturated heterocycles. The lowest BCUT2D eigenvalue weighted by Gasteiger charge is -2.06. The first-order chi connectivity index (χ1) is 11.1. The Morgan fingerprint density at radius 1 is 1.17 bits per heavy atom. The molecule has 0 saturated carbocycles. The van der Waals surface area contributed by atoms with E-state index in [0.29, 0.717) is 10.0 Å². The molecule has 0 N–H and O–H groups in total. The molecule has 0 bridgehead atoms. The third kappa shape index (κ3) is 3.43. The van der Waals surface area contributed by atoms with Gasteiger partial charge in [-0.1, -0.05) is 23.2 Å². The van der Waals surface area contributed by atoms with Crippen LogP contribution >= 0.6 is 45.9 Å². The maximum absolute atomic E-state index is 6.33. The highest BCUT2D eigenvalue weighted by Crippen LogP contribution is 2.31. The number of hydrogen-bond donors (Lipinski definition) is 0. The maximum atomic E-state index is 6.33. The maximum Gasteiger partial charge on any atom is 0.205 e. The van der Waals surface area contributed by atoms with Crippen molar-refractivity contribution in [1.82, 2.24) is 4.68 Å². The van der Waals surface area contributed by atoms with Crippen LogP contribution < -0.4 is 4.80 Å². The molecular formula is C16H13Cl2N3S2. The Hall–Kier alpha value is -1.40. The summed E-state index contributed by atoms with van der Waals surface area (Å²) in [6.07, 6.45) is 1.85. The van der Waals surface area contributed by atoms with Gasteiger partial charge in [-0.05, 0) is 42.1 Å². The van der Waals surface area contributed by atoms with Crippen molar-refractivity contribution in [2.45, 2.75) is 6.92 Å². The number of benzene rings is 1. The van der Waals surface area contributed by atoms with Crippen molar-refractivity contribution in [3.8, 4) is 11.3 Å². The van der Waals surface area contributed by atoms with Crippen LogP contribution in [0.2, 0.25) is 10.0 Å². The SMILES string of the molecule is CN=c1scc(-c2cc(Cl)ccc2Cl)n1N=Cc1sccc1C. The monoisotopic (exact) mass is 381 g/mol. The number of halogens is 2. The van der Waals surface area contributed by atoms with Gasteiger partial charge in [0.1, 0.15) is 0 Å². The third-order valence-electron chi connectivity index (χ3n) is 3.27. The Morgan fingerprint density at radius 3 is 2.70 bits per heavy atom. The van der Waals surface area contributed by atoms with E-state index >= 15 is 0 Å². The van der Waals surface area contributed by atoms with Gasteiger partial charge in [0.15, 0.2) is 0 Å². The minimum atomic E-state index is 0.631. The number of rotatable bonds is 3. The lowest BCUT2D eigenvalue weighted by Crippen LogP contribution is -2.11. The Morgan fingerprint density at radius 2 is 2.00 bits per heavy atom. The second-order valence-corrected chi connectivity index (χ2v) is 7.40. The van der Waals surface area contributed by atoms with E-state index in [9.17, 15) is 0 Å². The van der Waals surface area contributed by atoms with Gasteiger partial charge >= 0.3 is 0 Å². The molecule has 118 valence electrons. The van der Waals surface area contributed by atoms with Gasteiger partial charge in [-0.25, -0.2) is 4.68 Å². The van der Waals surface area contributed by atoms with Gasteiger partial charge in [0.25, 0.3) is 0 Å². The summed E-state index contributed by atoms with van der Waals surface area (Å²) in [5.74, 6) is 0. The van der Waals surface area contributed by atoms with Crippen LogP contribution in [0.1, 0.15) is 10.4 Å². The molecule has 3 nitrogen and oxygen atoms in total. The zero-order valence-electron chi connectivity index (χ0n) is 12.5. The quantitative estimate of drug-likeness (QED) is 0.550. The number of hydrogen-bond acceptors (Lipinski definition) is 4. The standard InChI is InChI=1S/C16H13Cl2N3S2/c1-10-5-6-22-15(10)8-20-21-14(9-23-16(21)19-2)12-7-11(17)3-4-13(12)18/h3-9H,1-2H3. The molecule has 0 unspecified atom stereocenters. The van der Waals surface area contributed by atoms with Gasteiger partial charge in [-0.2, -0.15) is 5.10 Å². The molecule has 0 amide bonds. The molecule has 0 radical (unpaired) electrons. The van der Waals surface area contributed by atoms with Crippen LogP contribution in [0, 0.1) is 6.92 Å². The summed E-state index contributed by atoms with van der Waals surface area (Å²) in [7, 11) is 1.75. The summed E-state index contributed by atoms with van der Waals surface area (Å²) in [5.41, 5.74) is 2.91. The molecule has 2 aromatic heterocycles. The molecule has 7 heteroatoms. The van der Waals surface area contributed by atoms with Gasteiger partial charge < -0.3 is 0 Å². The van der Waals surface area contributed by atoms with Crippen molar-refractivity contribution in [3.05, 3.63) is 60.3 Å². The average molecular weight is 382 g/mol. The summed E-state index contributed by atoms with van der Waals surface area (Å²) < 4.78 is 1.79. The molecule has 0 spiro atoms. The van der Waals surface area contributed by atoms with E-state index in [0.717, 1.165) is 20.9 Å². The van der Waals surface area contributed by atoms with E-state index < -0.39 is 0 Å². The summed E-state index contributed by atoms with van der Waals surface area (Å²) in [6.45, 7) is 2.07. The van der Waals surface area contributed by atoms with Crippen molar-refractivity contribution in [2.24, 2.45) is 10.1 Å². The van der Waals surface area contributed by atoms with Crippen LogP contribution in [0.4, 0.5) is 0 Å². The highest BCUT2D eigenvalue weighted by atomic mass is 35.5. The lowest BCUT2D eigenvalue weighted by molar-refractivity contribution is 0.849. The van der Waals surface area contributed by atoms with Gasteiger partial charge in [-0.3, -0.25) is 4.99 Å². The number of aryl methyl sites for hydroxylation is 1. The number of aromatic nitrogens is 1. The number of thiophene rings is 1. The smallest absolute Gasteiger partial charge is 0.205 e. The van der Waals surface area contributed by atoms with Crippen LogP contribution in [-0.2, 0) is 0 Å². The first kappa shape index (κ1) is 16.5. The summed E-state index contributed by atoms with van der Waals surface area (Å²) >= 11 is 15.6. The largest absolute Gasteiger partial charge is 0.261 e. The minimum Gasteiger partial charge on any atom is -0.261 e. The van der Waals surface area contributed by atoms with E-state index in [2.05, 4.69) is 28.5 Å². The molecule has 0 aliphatic carbocycles. The zero-order chi connectivity index (χ0) is 16.4. The third-order valence-corrected chi connectivity index (χ3v) is 5.70. The molecule has 0 aliphatic rings. The molecule has 1 aromatic carbocycles. The van der Waals surface area contributed by atoms with Crippen LogP contribution in [0.3, 0.4) is 0 Å². The lowest BCUT2D eigenvalue weighted by atomic mass is 10.2. The van der Waals surface area contributed by atoms with Gasteiger partial charge in [0.2, 0.25) is 4.80 Å². The van der Waals surface area contributed by atoms with Gasteiger partial charge in [0, 0.05) is 23.0 Å². The van der Waals surface area contributed by atoms with E-state index in [-0.39, 0.29) is 0 Å². The predicted molar refractivity (Wildman–Crippen MR) is 101 cm³/mol. The first-order valence-electron chi connectivity index (χ1n) is 6.77. The first-order valence-corrected chi connectivity index (χ1v) is 9.29. The second kappa shape index (κ2) is 7.01. The molecule has 3 rings (SSSR count). The fourth-order valence-electron chi connectivity index (χ4n) is 2.07. The van der Waals surface area contributed by atoms with Crippen molar-refractivity contribution in [3.63, 3.8) is 0 Å². The molecule has 0 atom stereocenters. The van der Waals surface area contributed by atoms with E-state index in [1.807, 2.05) is 17.7 Å². The van der Waals surface area contributed by atoms with Gasteiger partial charge in [-0.15, -0.1) is 22.7 Å². The van der Waals surface area contributed by atoms with Crippen molar-refractivity contribution in [2.75, 3.05) is 7.05 Å². The molecule has 3 aromatic rings. The average Bonchev–Trinajstić information content (AvgIpc) is 3.13. The highest BCUT2D eigenvalue weighted by molar-refractivity contribution is 7.11. The topological polar surface area (TPSA) is 29.6 Å². The highest BCUT2D eigenvalue weighted by Gasteiger charge is 2.11. The summed E-state index contributed by atoms with van der Waals surface area (Å²) in [6, 6.07) is 7.47. The van der Waals surface area contributed by atoms with Crippen LogP contribution in [0.15, 0.2) is 45.1 Å². The summed E-state index contributed by atoms with van der Waals surface area (Å²) in [4.78, 5) is 6.20. The van der Waals surface area contributed by atoms with E-state index in [1.165, 1.54) is 16.9 Å². The molecule has 2 heterocycles. The fraction of sp³-hybridized carbons (Fsp3) is 0.125. The van der Waals surface area contributed by atoms with Crippen molar-refractivity contribution < 1.29 is 0 Å². The normalized spacial score (nSPS) is 12.4. The predicted octanol–water partition coefficient (Wildman–Crippen LogP) is 5.31. The zero-order valence-corrected chi connectivity index (χ0v) is 15.6. The molecule has 0 aliphatic heterocycles. The van der Waals surface area contributed by atoms with Gasteiger partial charge in [0.05, 0.1) is 21.8 Å². The Bertz CT molecular complexity index is 935. The van der Waals surface area contributed by atoms with Crippen LogP contribution in [-0.4, -0.2) is 17.9 Å². The van der Waals surface area contributed by atoms with Crippen LogP contribution in [0.5, 0.6) is 0 Å². The Labute approximate surface area is 152 Å². The van der Waals surface area contributed by atoms with E-state index in [1.54, 1.807) is 35.2 Å².